The number of urea groups is 1. The molecule has 30 heavy (non-hydrogen) atoms. The molecule has 0 saturated carbocycles. The van der Waals surface area contributed by atoms with Crippen LogP contribution in [0.15, 0.2) is 48.5 Å². The van der Waals surface area contributed by atoms with Gasteiger partial charge < -0.3 is 25.8 Å². The zero-order valence-corrected chi connectivity index (χ0v) is 17.3. The van der Waals surface area contributed by atoms with Crippen molar-refractivity contribution in [3.05, 3.63) is 65.2 Å². The van der Waals surface area contributed by atoms with Crippen molar-refractivity contribution in [2.24, 2.45) is 5.73 Å². The van der Waals surface area contributed by atoms with E-state index in [9.17, 15) is 14.4 Å². The van der Waals surface area contributed by atoms with E-state index < -0.39 is 18.0 Å². The van der Waals surface area contributed by atoms with E-state index in [1.807, 2.05) is 0 Å². The Labute approximate surface area is 175 Å². The van der Waals surface area contributed by atoms with Gasteiger partial charge in [0.05, 0.1) is 25.7 Å². The minimum Gasteiger partial charge on any atom is -0.497 e. The number of nitrogens with one attached hydrogen (secondary N) is 2. The number of methoxy groups -OCH3 is 1. The SMILES string of the molecule is COc1ccc([C@@H](CC(=O)OC(C)C)NC(=O)c2ccc(CNC(N)=O)cc2)cc1. The van der Waals surface area contributed by atoms with Gasteiger partial charge in [-0.15, -0.1) is 0 Å². The number of nitrogens with two attached hydrogens (primary N) is 1. The summed E-state index contributed by atoms with van der Waals surface area (Å²) in [4.78, 5) is 35.8. The summed E-state index contributed by atoms with van der Waals surface area (Å²) in [5, 5.41) is 5.38. The molecular formula is C22H27N3O5. The second-order valence-corrected chi connectivity index (χ2v) is 6.96. The highest BCUT2D eigenvalue weighted by Gasteiger charge is 2.21. The Hall–Kier alpha value is -3.55. The molecule has 160 valence electrons. The fraction of sp³-hybridized carbons (Fsp3) is 0.318. The minimum atomic E-state index is -0.618. The smallest absolute Gasteiger partial charge is 0.312 e. The predicted octanol–water partition coefficient (Wildman–Crippen LogP) is 2.68. The number of ether oxygens (including phenoxy) is 2. The normalized spacial score (nSPS) is 11.5. The van der Waals surface area contributed by atoms with Gasteiger partial charge in [-0.05, 0) is 49.2 Å². The molecule has 0 spiro atoms. The Morgan fingerprint density at radius 2 is 1.63 bits per heavy atom. The summed E-state index contributed by atoms with van der Waals surface area (Å²) in [6, 6.07) is 12.7. The molecule has 0 fully saturated rings. The van der Waals surface area contributed by atoms with Crippen molar-refractivity contribution in [2.45, 2.75) is 39.0 Å². The summed E-state index contributed by atoms with van der Waals surface area (Å²) in [5.74, 6) is -0.0599. The van der Waals surface area contributed by atoms with Gasteiger partial charge in [-0.1, -0.05) is 24.3 Å². The third-order valence-corrected chi connectivity index (χ3v) is 4.24. The van der Waals surface area contributed by atoms with Crippen molar-refractivity contribution in [1.29, 1.82) is 0 Å². The number of carbonyl (C=O) groups is 3. The van der Waals surface area contributed by atoms with E-state index in [1.54, 1.807) is 69.5 Å². The van der Waals surface area contributed by atoms with Crippen molar-refractivity contribution in [3.8, 4) is 5.75 Å². The van der Waals surface area contributed by atoms with Crippen LogP contribution in [0.4, 0.5) is 4.79 Å². The van der Waals surface area contributed by atoms with Gasteiger partial charge in [0.1, 0.15) is 5.75 Å². The maximum atomic E-state index is 12.8. The van der Waals surface area contributed by atoms with E-state index in [0.717, 1.165) is 11.1 Å². The number of rotatable bonds is 9. The van der Waals surface area contributed by atoms with Crippen molar-refractivity contribution in [2.75, 3.05) is 7.11 Å². The molecule has 0 radical (unpaired) electrons. The lowest BCUT2D eigenvalue weighted by Crippen LogP contribution is -2.31. The number of benzene rings is 2. The molecule has 0 unspecified atom stereocenters. The molecule has 0 aliphatic rings. The largest absolute Gasteiger partial charge is 0.497 e. The van der Waals surface area contributed by atoms with Crippen molar-refractivity contribution in [1.82, 2.24) is 10.6 Å². The highest BCUT2D eigenvalue weighted by atomic mass is 16.5. The standard InChI is InChI=1S/C22H27N3O5/c1-14(2)30-20(26)12-19(16-8-10-18(29-3)11-9-16)25-21(27)17-6-4-15(5-7-17)13-24-22(23)28/h4-11,14,19H,12-13H2,1-3H3,(H,25,27)(H3,23,24,28)/t19-/m1/s1. The lowest BCUT2D eigenvalue weighted by molar-refractivity contribution is -0.147. The minimum absolute atomic E-state index is 0.00311. The molecule has 0 aliphatic carbocycles. The number of amides is 3. The lowest BCUT2D eigenvalue weighted by Gasteiger charge is -2.20. The molecule has 1 atom stereocenters. The molecule has 2 aromatic carbocycles. The first kappa shape index (κ1) is 22.7. The van der Waals surface area contributed by atoms with Crippen LogP contribution in [-0.2, 0) is 16.1 Å². The average molecular weight is 413 g/mol. The van der Waals surface area contributed by atoms with Crippen LogP contribution in [0.1, 0.15) is 47.8 Å². The van der Waals surface area contributed by atoms with Gasteiger partial charge in [0.25, 0.3) is 5.91 Å². The Morgan fingerprint density at radius 1 is 1.00 bits per heavy atom. The fourth-order valence-corrected chi connectivity index (χ4v) is 2.77. The fourth-order valence-electron chi connectivity index (χ4n) is 2.77. The molecule has 8 heteroatoms. The van der Waals surface area contributed by atoms with Crippen LogP contribution in [0.25, 0.3) is 0 Å². The average Bonchev–Trinajstić information content (AvgIpc) is 2.71. The van der Waals surface area contributed by atoms with Crippen LogP contribution in [0.3, 0.4) is 0 Å². The zero-order chi connectivity index (χ0) is 22.1. The van der Waals surface area contributed by atoms with Crippen molar-refractivity contribution < 1.29 is 23.9 Å². The summed E-state index contributed by atoms with van der Waals surface area (Å²) in [6.45, 7) is 3.81. The van der Waals surface area contributed by atoms with Crippen molar-refractivity contribution in [3.63, 3.8) is 0 Å². The van der Waals surface area contributed by atoms with Crippen LogP contribution in [-0.4, -0.2) is 31.1 Å². The monoisotopic (exact) mass is 413 g/mol. The molecule has 2 rings (SSSR count). The third kappa shape index (κ3) is 7.12. The number of hydrogen-bond donors (Lipinski definition) is 3. The molecule has 2 aromatic rings. The quantitative estimate of drug-likeness (QED) is 0.546. The highest BCUT2D eigenvalue weighted by Crippen LogP contribution is 2.22. The molecule has 0 aliphatic heterocycles. The number of primary amides is 1. The van der Waals surface area contributed by atoms with Crippen LogP contribution >= 0.6 is 0 Å². The van der Waals surface area contributed by atoms with Crippen LogP contribution in [0.5, 0.6) is 5.75 Å². The number of hydrogen-bond acceptors (Lipinski definition) is 5. The Bertz CT molecular complexity index is 863. The Morgan fingerprint density at radius 3 is 2.17 bits per heavy atom. The molecule has 4 N–H and O–H groups in total. The summed E-state index contributed by atoms with van der Waals surface area (Å²) >= 11 is 0. The second-order valence-electron chi connectivity index (χ2n) is 6.96. The number of carbonyl (C=O) groups excluding carboxylic acids is 3. The predicted molar refractivity (Wildman–Crippen MR) is 112 cm³/mol. The van der Waals surface area contributed by atoms with Crippen molar-refractivity contribution >= 4 is 17.9 Å². The maximum Gasteiger partial charge on any atom is 0.312 e. The topological polar surface area (TPSA) is 120 Å². The van der Waals surface area contributed by atoms with Gasteiger partial charge in [0, 0.05) is 12.1 Å². The molecule has 0 saturated heterocycles. The van der Waals surface area contributed by atoms with Gasteiger partial charge in [-0.25, -0.2) is 4.79 Å². The third-order valence-electron chi connectivity index (χ3n) is 4.24. The molecule has 0 heterocycles. The van der Waals surface area contributed by atoms with Gasteiger partial charge in [0.2, 0.25) is 0 Å². The Balaban J connectivity index is 2.13. The molecule has 0 bridgehead atoms. The summed E-state index contributed by atoms with van der Waals surface area (Å²) in [5.41, 5.74) is 7.04. The first-order valence-electron chi connectivity index (χ1n) is 9.55. The maximum absolute atomic E-state index is 12.8. The lowest BCUT2D eigenvalue weighted by atomic mass is 10.0. The molecular weight excluding hydrogens is 386 g/mol. The van der Waals surface area contributed by atoms with Gasteiger partial charge in [-0.3, -0.25) is 9.59 Å². The van der Waals surface area contributed by atoms with Gasteiger partial charge >= 0.3 is 12.0 Å². The molecule has 8 nitrogen and oxygen atoms in total. The highest BCUT2D eigenvalue weighted by molar-refractivity contribution is 5.94. The van der Waals surface area contributed by atoms with E-state index in [4.69, 9.17) is 15.2 Å². The summed E-state index contributed by atoms with van der Waals surface area (Å²) in [7, 11) is 1.57. The molecule has 3 amide bonds. The second kappa shape index (κ2) is 10.8. The van der Waals surface area contributed by atoms with E-state index in [1.165, 1.54) is 0 Å². The first-order chi connectivity index (χ1) is 14.3. The van der Waals surface area contributed by atoms with Crippen LogP contribution in [0, 0.1) is 0 Å². The zero-order valence-electron chi connectivity index (χ0n) is 17.3. The van der Waals surface area contributed by atoms with E-state index >= 15 is 0 Å². The van der Waals surface area contributed by atoms with Gasteiger partial charge in [-0.2, -0.15) is 0 Å². The molecule has 0 aromatic heterocycles. The summed E-state index contributed by atoms with van der Waals surface area (Å²) < 4.78 is 10.4. The first-order valence-corrected chi connectivity index (χ1v) is 9.55. The number of esters is 1. The Kier molecular flexibility index (Phi) is 8.22. The van der Waals surface area contributed by atoms with Crippen LogP contribution in [0.2, 0.25) is 0 Å². The van der Waals surface area contributed by atoms with E-state index in [2.05, 4.69) is 10.6 Å². The van der Waals surface area contributed by atoms with E-state index in [-0.39, 0.29) is 25.0 Å². The van der Waals surface area contributed by atoms with Gasteiger partial charge in [0.15, 0.2) is 0 Å². The van der Waals surface area contributed by atoms with E-state index in [0.29, 0.717) is 11.3 Å². The van der Waals surface area contributed by atoms with Crippen LogP contribution < -0.4 is 21.1 Å². The summed E-state index contributed by atoms with van der Waals surface area (Å²) in [6.07, 6.45) is -0.247.